The Morgan fingerprint density at radius 2 is 2.00 bits per heavy atom. The number of likely N-dealkylation sites (tertiary alicyclic amines) is 1. The van der Waals surface area contributed by atoms with Crippen molar-refractivity contribution in [3.8, 4) is 0 Å². The fourth-order valence-electron chi connectivity index (χ4n) is 4.97. The van der Waals surface area contributed by atoms with E-state index in [0.717, 1.165) is 63.4 Å². The van der Waals surface area contributed by atoms with Gasteiger partial charge in [-0.05, 0) is 62.0 Å². The standard InChI is InChI=1S/C18H27ClN4O.CH4O/c1-11-6-16(21-22-18(11)19)17-15-8-14(20)7-13(15)10-23(17)9-12-2-4-24-5-3-12;1-2/h6,12-15,17H,2-5,7-10,20H2,1H3;2H,1H3. The Labute approximate surface area is 161 Å². The monoisotopic (exact) mass is 382 g/mol. The summed E-state index contributed by atoms with van der Waals surface area (Å²) < 4.78 is 5.52. The quantitative estimate of drug-likeness (QED) is 0.833. The van der Waals surface area contributed by atoms with E-state index in [0.29, 0.717) is 29.1 Å². The fourth-order valence-corrected chi connectivity index (χ4v) is 5.07. The van der Waals surface area contributed by atoms with Crippen LogP contribution in [0.3, 0.4) is 0 Å². The summed E-state index contributed by atoms with van der Waals surface area (Å²) in [5.74, 6) is 2.03. The molecule has 1 aliphatic carbocycles. The minimum Gasteiger partial charge on any atom is -0.400 e. The first-order valence-electron chi connectivity index (χ1n) is 9.63. The molecule has 7 heteroatoms. The maximum absolute atomic E-state index is 7.00. The van der Waals surface area contributed by atoms with E-state index in [1.54, 1.807) is 0 Å². The second-order valence-electron chi connectivity index (χ2n) is 7.85. The summed E-state index contributed by atoms with van der Waals surface area (Å²) in [5, 5.41) is 16.1. The molecule has 0 amide bonds. The number of fused-ring (bicyclic) bond motifs is 1. The third-order valence-electron chi connectivity index (χ3n) is 6.13. The van der Waals surface area contributed by atoms with Crippen molar-refractivity contribution >= 4 is 11.6 Å². The minimum absolute atomic E-state index is 0.342. The van der Waals surface area contributed by atoms with Crippen molar-refractivity contribution in [2.24, 2.45) is 23.5 Å². The van der Waals surface area contributed by atoms with Gasteiger partial charge in [-0.15, -0.1) is 5.10 Å². The average Bonchev–Trinajstić information content (AvgIpc) is 3.15. The lowest BCUT2D eigenvalue weighted by Gasteiger charge is -2.32. The van der Waals surface area contributed by atoms with Gasteiger partial charge in [0, 0.05) is 39.5 Å². The summed E-state index contributed by atoms with van der Waals surface area (Å²) in [4.78, 5) is 2.65. The number of aliphatic hydroxyl groups excluding tert-OH is 1. The Morgan fingerprint density at radius 1 is 1.27 bits per heavy atom. The van der Waals surface area contributed by atoms with Crippen molar-refractivity contribution in [1.82, 2.24) is 15.1 Å². The molecule has 3 N–H and O–H groups in total. The van der Waals surface area contributed by atoms with Crippen LogP contribution in [-0.4, -0.2) is 59.7 Å². The smallest absolute Gasteiger partial charge is 0.154 e. The highest BCUT2D eigenvalue weighted by Crippen LogP contribution is 2.49. The number of hydrogen-bond donors (Lipinski definition) is 2. The van der Waals surface area contributed by atoms with Crippen LogP contribution in [0.4, 0.5) is 0 Å². The second-order valence-corrected chi connectivity index (χ2v) is 8.21. The van der Waals surface area contributed by atoms with Gasteiger partial charge in [-0.2, -0.15) is 5.10 Å². The first-order valence-corrected chi connectivity index (χ1v) is 10.0. The number of halogens is 1. The van der Waals surface area contributed by atoms with Crippen molar-refractivity contribution < 1.29 is 9.84 Å². The van der Waals surface area contributed by atoms with E-state index in [2.05, 4.69) is 21.2 Å². The molecule has 0 aromatic carbocycles. The number of aromatic nitrogens is 2. The fraction of sp³-hybridized carbons (Fsp3) is 0.789. The van der Waals surface area contributed by atoms with E-state index in [9.17, 15) is 0 Å². The molecule has 4 rings (SSSR count). The first kappa shape index (κ1) is 20.0. The SMILES string of the molecule is CO.Cc1cc(C2C3CC(N)CC3CN2CC2CCOCC2)nnc1Cl. The second kappa shape index (κ2) is 8.93. The highest BCUT2D eigenvalue weighted by atomic mass is 35.5. The van der Waals surface area contributed by atoms with Crippen LogP contribution in [-0.2, 0) is 4.74 Å². The van der Waals surface area contributed by atoms with E-state index in [-0.39, 0.29) is 0 Å². The maximum atomic E-state index is 7.00. The molecule has 1 aromatic heterocycles. The molecule has 3 heterocycles. The number of aliphatic hydroxyl groups is 1. The van der Waals surface area contributed by atoms with Gasteiger partial charge in [0.05, 0.1) is 11.7 Å². The van der Waals surface area contributed by atoms with Gasteiger partial charge in [0.15, 0.2) is 5.15 Å². The molecule has 146 valence electrons. The van der Waals surface area contributed by atoms with Crippen molar-refractivity contribution in [1.29, 1.82) is 0 Å². The van der Waals surface area contributed by atoms with Crippen LogP contribution in [0, 0.1) is 24.7 Å². The molecule has 0 radical (unpaired) electrons. The maximum Gasteiger partial charge on any atom is 0.154 e. The molecule has 3 aliphatic rings. The molecule has 2 aliphatic heterocycles. The minimum atomic E-state index is 0.342. The molecule has 1 saturated carbocycles. The lowest BCUT2D eigenvalue weighted by molar-refractivity contribution is 0.0480. The van der Waals surface area contributed by atoms with Gasteiger partial charge in [-0.25, -0.2) is 0 Å². The van der Waals surface area contributed by atoms with Crippen LogP contribution >= 0.6 is 11.6 Å². The van der Waals surface area contributed by atoms with Crippen molar-refractivity contribution in [2.75, 3.05) is 33.4 Å². The molecule has 0 spiro atoms. The van der Waals surface area contributed by atoms with Gasteiger partial charge in [0.1, 0.15) is 0 Å². The highest BCUT2D eigenvalue weighted by Gasteiger charge is 2.48. The lowest BCUT2D eigenvalue weighted by atomic mass is 9.91. The molecule has 1 aromatic rings. The molecular formula is C19H31ClN4O2. The number of aryl methyl sites for hydroxylation is 1. The van der Waals surface area contributed by atoms with Gasteiger partial charge in [-0.1, -0.05) is 11.6 Å². The van der Waals surface area contributed by atoms with Crippen molar-refractivity contribution in [3.63, 3.8) is 0 Å². The van der Waals surface area contributed by atoms with E-state index in [4.69, 9.17) is 27.2 Å². The van der Waals surface area contributed by atoms with E-state index in [1.807, 2.05) is 6.92 Å². The zero-order valence-corrected chi connectivity index (χ0v) is 16.5. The van der Waals surface area contributed by atoms with E-state index in [1.165, 1.54) is 12.8 Å². The predicted molar refractivity (Wildman–Crippen MR) is 102 cm³/mol. The third-order valence-corrected chi connectivity index (χ3v) is 6.51. The molecule has 2 saturated heterocycles. The summed E-state index contributed by atoms with van der Waals surface area (Å²) in [5.41, 5.74) is 8.34. The number of rotatable bonds is 3. The largest absolute Gasteiger partial charge is 0.400 e. The Balaban J connectivity index is 0.000000948. The Bertz CT molecular complexity index is 597. The van der Waals surface area contributed by atoms with Crippen molar-refractivity contribution in [2.45, 2.75) is 44.7 Å². The van der Waals surface area contributed by atoms with Crippen LogP contribution in [0.1, 0.15) is 43.0 Å². The Hall–Kier alpha value is -0.790. The summed E-state index contributed by atoms with van der Waals surface area (Å²) in [6.07, 6.45) is 4.58. The molecule has 6 nitrogen and oxygen atoms in total. The topological polar surface area (TPSA) is 84.5 Å². The van der Waals surface area contributed by atoms with Gasteiger partial charge < -0.3 is 15.6 Å². The normalized spacial score (nSPS) is 32.2. The van der Waals surface area contributed by atoms with Gasteiger partial charge in [0.25, 0.3) is 0 Å². The molecule has 26 heavy (non-hydrogen) atoms. The number of nitrogens with two attached hydrogens (primary N) is 1. The Morgan fingerprint density at radius 3 is 2.69 bits per heavy atom. The number of hydrogen-bond acceptors (Lipinski definition) is 6. The Kier molecular flexibility index (Phi) is 6.86. The molecule has 4 unspecified atom stereocenters. The van der Waals surface area contributed by atoms with Crippen LogP contribution in [0.25, 0.3) is 0 Å². The average molecular weight is 383 g/mol. The lowest BCUT2D eigenvalue weighted by Crippen LogP contribution is -2.35. The van der Waals surface area contributed by atoms with Gasteiger partial charge >= 0.3 is 0 Å². The summed E-state index contributed by atoms with van der Waals surface area (Å²) in [7, 11) is 1.00. The summed E-state index contributed by atoms with van der Waals surface area (Å²) >= 11 is 6.09. The summed E-state index contributed by atoms with van der Waals surface area (Å²) in [6.45, 7) is 6.10. The van der Waals surface area contributed by atoms with Crippen LogP contribution < -0.4 is 5.73 Å². The molecule has 4 atom stereocenters. The van der Waals surface area contributed by atoms with E-state index < -0.39 is 0 Å². The van der Waals surface area contributed by atoms with Crippen LogP contribution in [0.2, 0.25) is 5.15 Å². The van der Waals surface area contributed by atoms with Crippen LogP contribution in [0.15, 0.2) is 6.07 Å². The molecule has 3 fully saturated rings. The van der Waals surface area contributed by atoms with E-state index >= 15 is 0 Å². The first-order chi connectivity index (χ1) is 12.6. The molecular weight excluding hydrogens is 352 g/mol. The highest BCUT2D eigenvalue weighted by molar-refractivity contribution is 6.30. The predicted octanol–water partition coefficient (Wildman–Crippen LogP) is 2.18. The van der Waals surface area contributed by atoms with Gasteiger partial charge in [0.2, 0.25) is 0 Å². The van der Waals surface area contributed by atoms with Gasteiger partial charge in [-0.3, -0.25) is 4.90 Å². The zero-order valence-electron chi connectivity index (χ0n) is 15.8. The third kappa shape index (κ3) is 4.20. The zero-order chi connectivity index (χ0) is 18.7. The number of nitrogens with zero attached hydrogens (tertiary/aromatic N) is 3. The summed E-state index contributed by atoms with van der Waals surface area (Å²) in [6, 6.07) is 2.81. The number of ether oxygens (including phenoxy) is 1. The van der Waals surface area contributed by atoms with Crippen molar-refractivity contribution in [3.05, 3.63) is 22.5 Å². The molecule has 0 bridgehead atoms. The van der Waals surface area contributed by atoms with Crippen LogP contribution in [0.5, 0.6) is 0 Å².